The van der Waals surface area contributed by atoms with E-state index >= 15 is 0 Å². The standard InChI is InChI=1S/C26H27FN6O2/c1-18-21-15-29-33(17-24(34)31-13-11-30(12-14-31)23-9-5-6-10-28-23)26(35)25(21)19(2)32(18)16-20-7-3-4-8-22(20)27/h3-10,15H,11-14,16-17H2,1-2H3. The topological polar surface area (TPSA) is 76.3 Å². The highest BCUT2D eigenvalue weighted by Gasteiger charge is 2.24. The second-order valence-electron chi connectivity index (χ2n) is 8.80. The van der Waals surface area contributed by atoms with E-state index in [1.807, 2.05) is 36.6 Å². The molecule has 3 aromatic heterocycles. The number of aryl methyl sites for hydroxylation is 2. The number of hydrogen-bond acceptors (Lipinski definition) is 5. The first kappa shape index (κ1) is 22.8. The molecule has 1 aromatic carbocycles. The molecule has 1 aliphatic rings. The van der Waals surface area contributed by atoms with Gasteiger partial charge in [0.05, 0.1) is 18.1 Å². The minimum Gasteiger partial charge on any atom is -0.353 e. The van der Waals surface area contributed by atoms with Crippen molar-refractivity contribution in [2.45, 2.75) is 26.9 Å². The fourth-order valence-corrected chi connectivity index (χ4v) is 4.75. The number of anilines is 1. The lowest BCUT2D eigenvalue weighted by atomic mass is 10.2. The molecule has 4 aromatic rings. The molecule has 9 heteroatoms. The average Bonchev–Trinajstić information content (AvgIpc) is 3.12. The molecule has 35 heavy (non-hydrogen) atoms. The number of rotatable bonds is 5. The van der Waals surface area contributed by atoms with Crippen molar-refractivity contribution >= 4 is 22.5 Å². The van der Waals surface area contributed by atoms with Crippen molar-refractivity contribution in [1.29, 1.82) is 0 Å². The van der Waals surface area contributed by atoms with Gasteiger partial charge in [0.2, 0.25) is 5.91 Å². The van der Waals surface area contributed by atoms with Crippen LogP contribution >= 0.6 is 0 Å². The molecule has 1 aliphatic heterocycles. The van der Waals surface area contributed by atoms with Gasteiger partial charge in [0.15, 0.2) is 0 Å². The van der Waals surface area contributed by atoms with Gasteiger partial charge in [-0.15, -0.1) is 0 Å². The first-order valence-electron chi connectivity index (χ1n) is 11.7. The quantitative estimate of drug-likeness (QED) is 0.445. The number of amides is 1. The molecule has 4 heterocycles. The van der Waals surface area contributed by atoms with E-state index in [9.17, 15) is 14.0 Å². The number of carbonyl (C=O) groups is 1. The Bertz CT molecular complexity index is 1440. The van der Waals surface area contributed by atoms with Crippen molar-refractivity contribution in [1.82, 2.24) is 24.2 Å². The summed E-state index contributed by atoms with van der Waals surface area (Å²) in [5.41, 5.74) is 1.82. The van der Waals surface area contributed by atoms with Crippen LogP contribution in [0.15, 0.2) is 59.7 Å². The molecule has 0 atom stereocenters. The lowest BCUT2D eigenvalue weighted by Gasteiger charge is -2.35. The van der Waals surface area contributed by atoms with E-state index in [0.29, 0.717) is 43.7 Å². The van der Waals surface area contributed by atoms with E-state index in [1.165, 1.54) is 10.7 Å². The number of pyridine rings is 1. The molecule has 0 N–H and O–H groups in total. The van der Waals surface area contributed by atoms with Crippen molar-refractivity contribution in [2.24, 2.45) is 0 Å². The summed E-state index contributed by atoms with van der Waals surface area (Å²) in [6.45, 7) is 6.43. The summed E-state index contributed by atoms with van der Waals surface area (Å²) in [5.74, 6) is 0.474. The number of carbonyl (C=O) groups excluding carboxylic acids is 1. The fourth-order valence-electron chi connectivity index (χ4n) is 4.75. The summed E-state index contributed by atoms with van der Waals surface area (Å²) in [5, 5.41) is 5.53. The monoisotopic (exact) mass is 474 g/mol. The maximum absolute atomic E-state index is 14.2. The summed E-state index contributed by atoms with van der Waals surface area (Å²) in [6, 6.07) is 12.4. The van der Waals surface area contributed by atoms with Crippen molar-refractivity contribution in [3.05, 3.63) is 88.0 Å². The first-order valence-corrected chi connectivity index (χ1v) is 11.7. The third kappa shape index (κ3) is 4.29. The Morgan fingerprint density at radius 2 is 1.74 bits per heavy atom. The number of nitrogens with zero attached hydrogens (tertiary/aromatic N) is 6. The van der Waals surface area contributed by atoms with E-state index in [-0.39, 0.29) is 23.8 Å². The van der Waals surface area contributed by atoms with Gasteiger partial charge >= 0.3 is 0 Å². The van der Waals surface area contributed by atoms with Gasteiger partial charge in [0, 0.05) is 54.7 Å². The summed E-state index contributed by atoms with van der Waals surface area (Å²) in [7, 11) is 0. The van der Waals surface area contributed by atoms with Crippen LogP contribution in [0.3, 0.4) is 0 Å². The van der Waals surface area contributed by atoms with Gasteiger partial charge in [0.25, 0.3) is 5.56 Å². The fraction of sp³-hybridized carbons (Fsp3) is 0.308. The molecule has 0 aliphatic carbocycles. The van der Waals surface area contributed by atoms with Gasteiger partial charge in [-0.1, -0.05) is 24.3 Å². The maximum atomic E-state index is 14.2. The Morgan fingerprint density at radius 3 is 2.46 bits per heavy atom. The number of benzene rings is 1. The van der Waals surface area contributed by atoms with E-state index in [0.717, 1.165) is 22.6 Å². The summed E-state index contributed by atoms with van der Waals surface area (Å²) in [4.78, 5) is 34.6. The van der Waals surface area contributed by atoms with Crippen LogP contribution in [-0.4, -0.2) is 56.3 Å². The predicted molar refractivity (Wildman–Crippen MR) is 132 cm³/mol. The van der Waals surface area contributed by atoms with E-state index in [1.54, 1.807) is 35.5 Å². The maximum Gasteiger partial charge on any atom is 0.276 e. The first-order chi connectivity index (χ1) is 16.9. The number of halogens is 1. The highest BCUT2D eigenvalue weighted by molar-refractivity contribution is 5.87. The zero-order valence-corrected chi connectivity index (χ0v) is 19.8. The molecule has 0 radical (unpaired) electrons. The second-order valence-corrected chi connectivity index (χ2v) is 8.80. The molecular formula is C26H27FN6O2. The van der Waals surface area contributed by atoms with Crippen molar-refractivity contribution in [3.8, 4) is 0 Å². The molecule has 0 spiro atoms. The van der Waals surface area contributed by atoms with Crippen LogP contribution in [-0.2, 0) is 17.9 Å². The van der Waals surface area contributed by atoms with Crippen LogP contribution in [0.1, 0.15) is 17.0 Å². The van der Waals surface area contributed by atoms with E-state index in [4.69, 9.17) is 0 Å². The Kier molecular flexibility index (Phi) is 6.07. The number of fused-ring (bicyclic) bond motifs is 1. The van der Waals surface area contributed by atoms with Crippen LogP contribution in [0.2, 0.25) is 0 Å². The molecule has 180 valence electrons. The van der Waals surface area contributed by atoms with Crippen LogP contribution in [0.5, 0.6) is 0 Å². The number of aromatic nitrogens is 4. The summed E-state index contributed by atoms with van der Waals surface area (Å²) in [6.07, 6.45) is 3.39. The minimum atomic E-state index is -0.309. The van der Waals surface area contributed by atoms with Gasteiger partial charge in [-0.25, -0.2) is 14.1 Å². The normalized spacial score (nSPS) is 14.0. The summed E-state index contributed by atoms with van der Waals surface area (Å²) < 4.78 is 17.4. The van der Waals surface area contributed by atoms with Crippen LogP contribution in [0.4, 0.5) is 10.2 Å². The Morgan fingerprint density at radius 1 is 1.00 bits per heavy atom. The van der Waals surface area contributed by atoms with E-state index < -0.39 is 0 Å². The van der Waals surface area contributed by atoms with Crippen molar-refractivity contribution in [2.75, 3.05) is 31.1 Å². The third-order valence-electron chi connectivity index (χ3n) is 6.78. The van der Waals surface area contributed by atoms with Crippen molar-refractivity contribution < 1.29 is 9.18 Å². The smallest absolute Gasteiger partial charge is 0.276 e. The molecule has 0 unspecified atom stereocenters. The van der Waals surface area contributed by atoms with Crippen LogP contribution < -0.4 is 10.5 Å². The molecule has 8 nitrogen and oxygen atoms in total. The zero-order valence-electron chi connectivity index (χ0n) is 19.8. The molecule has 1 amide bonds. The molecular weight excluding hydrogens is 447 g/mol. The minimum absolute atomic E-state index is 0.116. The van der Waals surface area contributed by atoms with Gasteiger partial charge in [-0.2, -0.15) is 5.10 Å². The SMILES string of the molecule is Cc1c2cnn(CC(=O)N3CCN(c4ccccn4)CC3)c(=O)c2c(C)n1Cc1ccccc1F. The Labute approximate surface area is 202 Å². The Hall–Kier alpha value is -4.01. The molecule has 5 rings (SSSR count). The number of hydrogen-bond donors (Lipinski definition) is 0. The Balaban J connectivity index is 1.34. The highest BCUT2D eigenvalue weighted by atomic mass is 19.1. The molecule has 1 saturated heterocycles. The van der Waals surface area contributed by atoms with Crippen LogP contribution in [0, 0.1) is 19.7 Å². The molecule has 0 saturated carbocycles. The van der Waals surface area contributed by atoms with Gasteiger partial charge < -0.3 is 14.4 Å². The van der Waals surface area contributed by atoms with E-state index in [2.05, 4.69) is 15.0 Å². The molecule has 0 bridgehead atoms. The predicted octanol–water partition coefficient (Wildman–Crippen LogP) is 2.75. The average molecular weight is 475 g/mol. The van der Waals surface area contributed by atoms with Gasteiger partial charge in [-0.3, -0.25) is 9.59 Å². The molecule has 1 fully saturated rings. The second kappa shape index (κ2) is 9.32. The lowest BCUT2D eigenvalue weighted by molar-refractivity contribution is -0.132. The van der Waals surface area contributed by atoms with Gasteiger partial charge in [0.1, 0.15) is 18.2 Å². The number of piperazine rings is 1. The summed E-state index contributed by atoms with van der Waals surface area (Å²) >= 11 is 0. The largest absolute Gasteiger partial charge is 0.353 e. The zero-order chi connectivity index (χ0) is 24.5. The van der Waals surface area contributed by atoms with Crippen LogP contribution in [0.25, 0.3) is 10.8 Å². The highest BCUT2D eigenvalue weighted by Crippen LogP contribution is 2.24. The third-order valence-corrected chi connectivity index (χ3v) is 6.78. The lowest BCUT2D eigenvalue weighted by Crippen LogP contribution is -2.50. The van der Waals surface area contributed by atoms with Crippen molar-refractivity contribution in [3.63, 3.8) is 0 Å². The van der Waals surface area contributed by atoms with Gasteiger partial charge in [-0.05, 0) is 32.0 Å².